The molecule has 0 radical (unpaired) electrons. The Hall–Kier alpha value is -1.01. The highest BCUT2D eigenvalue weighted by Crippen LogP contribution is 2.18. The maximum absolute atomic E-state index is 12.6. The molecule has 0 bridgehead atoms. The van der Waals surface area contributed by atoms with Crippen molar-refractivity contribution in [2.75, 3.05) is 50.7 Å². The van der Waals surface area contributed by atoms with Gasteiger partial charge < -0.3 is 15.1 Å². The van der Waals surface area contributed by atoms with Crippen molar-refractivity contribution in [3.63, 3.8) is 0 Å². The van der Waals surface area contributed by atoms with E-state index in [9.17, 15) is 4.79 Å². The zero-order valence-electron chi connectivity index (χ0n) is 16.7. The quantitative estimate of drug-likeness (QED) is 0.818. The summed E-state index contributed by atoms with van der Waals surface area (Å²) in [5.41, 5.74) is 2.63. The van der Waals surface area contributed by atoms with E-state index in [4.69, 9.17) is 0 Å². The molecule has 154 valence electrons. The van der Waals surface area contributed by atoms with Gasteiger partial charge in [-0.15, -0.1) is 24.8 Å². The molecule has 2 heterocycles. The third-order valence-corrected chi connectivity index (χ3v) is 5.74. The predicted molar refractivity (Wildman–Crippen MR) is 118 cm³/mol. The minimum absolute atomic E-state index is 0. The number of nitrogens with zero attached hydrogens (tertiary/aromatic N) is 3. The molecule has 2 aliphatic heterocycles. The molecule has 0 aliphatic carbocycles. The molecule has 7 heteroatoms. The molecule has 1 aromatic carbocycles. The van der Waals surface area contributed by atoms with Crippen molar-refractivity contribution >= 4 is 36.4 Å². The Morgan fingerprint density at radius 3 is 2.48 bits per heavy atom. The molecule has 3 rings (SSSR count). The van der Waals surface area contributed by atoms with Gasteiger partial charge in [0, 0.05) is 70.0 Å². The van der Waals surface area contributed by atoms with Crippen molar-refractivity contribution < 1.29 is 4.79 Å². The molecule has 2 saturated heterocycles. The van der Waals surface area contributed by atoms with Crippen LogP contribution in [-0.4, -0.2) is 73.6 Å². The number of halogens is 2. The van der Waals surface area contributed by atoms with Crippen molar-refractivity contribution in [2.45, 2.75) is 39.3 Å². The van der Waals surface area contributed by atoms with Crippen LogP contribution in [0.4, 0.5) is 5.69 Å². The number of hydrogen-bond acceptors (Lipinski definition) is 4. The lowest BCUT2D eigenvalue weighted by Crippen LogP contribution is -2.57. The Bertz CT molecular complexity index is 593. The standard InChI is InChI=1S/C20H32N4O.2ClH/c1-16-5-4-6-19(15-16)23-13-11-22(12-14-23)9-7-20(25)24-10-8-21-17(2)18(24)3;;/h4-6,15,17-18,21H,7-14H2,1-3H3;2*1H. The summed E-state index contributed by atoms with van der Waals surface area (Å²) in [5.74, 6) is 0.307. The van der Waals surface area contributed by atoms with E-state index >= 15 is 0 Å². The van der Waals surface area contributed by atoms with Crippen LogP contribution in [-0.2, 0) is 4.79 Å². The molecule has 2 atom stereocenters. The molecular weight excluding hydrogens is 383 g/mol. The van der Waals surface area contributed by atoms with Crippen LogP contribution in [0, 0.1) is 6.92 Å². The minimum Gasteiger partial charge on any atom is -0.369 e. The van der Waals surface area contributed by atoms with Gasteiger partial charge in [-0.05, 0) is 38.5 Å². The number of piperazine rings is 2. The Kier molecular flexibility index (Phi) is 9.88. The molecule has 1 aromatic rings. The van der Waals surface area contributed by atoms with Crippen LogP contribution in [0.5, 0.6) is 0 Å². The van der Waals surface area contributed by atoms with E-state index in [1.165, 1.54) is 11.3 Å². The molecule has 27 heavy (non-hydrogen) atoms. The van der Waals surface area contributed by atoms with Gasteiger partial charge >= 0.3 is 0 Å². The van der Waals surface area contributed by atoms with Gasteiger partial charge in [0.05, 0.1) is 0 Å². The van der Waals surface area contributed by atoms with Crippen molar-refractivity contribution in [3.8, 4) is 0 Å². The Morgan fingerprint density at radius 1 is 1.11 bits per heavy atom. The van der Waals surface area contributed by atoms with Gasteiger partial charge in [0.1, 0.15) is 0 Å². The summed E-state index contributed by atoms with van der Waals surface area (Å²) in [4.78, 5) is 19.5. The molecule has 0 saturated carbocycles. The highest BCUT2D eigenvalue weighted by Gasteiger charge is 2.28. The zero-order chi connectivity index (χ0) is 17.8. The maximum atomic E-state index is 12.6. The fourth-order valence-corrected chi connectivity index (χ4v) is 3.86. The van der Waals surface area contributed by atoms with Gasteiger partial charge in [-0.1, -0.05) is 12.1 Å². The number of carbonyl (C=O) groups is 1. The SMILES string of the molecule is Cc1cccc(N2CCN(CCC(=O)N3CCNC(C)C3C)CC2)c1.Cl.Cl. The summed E-state index contributed by atoms with van der Waals surface area (Å²) in [6.07, 6.45) is 0.640. The second-order valence-corrected chi connectivity index (χ2v) is 7.49. The van der Waals surface area contributed by atoms with Gasteiger partial charge in [-0.3, -0.25) is 9.69 Å². The summed E-state index contributed by atoms with van der Waals surface area (Å²) in [6.45, 7) is 13.2. The van der Waals surface area contributed by atoms with Gasteiger partial charge in [0.25, 0.3) is 0 Å². The number of nitrogens with one attached hydrogen (secondary N) is 1. The average Bonchev–Trinajstić information content (AvgIpc) is 2.62. The largest absolute Gasteiger partial charge is 0.369 e. The van der Waals surface area contributed by atoms with E-state index in [1.54, 1.807) is 0 Å². The normalized spacial score (nSPS) is 23.4. The summed E-state index contributed by atoms with van der Waals surface area (Å²) in [5, 5.41) is 3.44. The summed E-state index contributed by atoms with van der Waals surface area (Å²) in [7, 11) is 0. The average molecular weight is 417 g/mol. The second kappa shape index (κ2) is 11.1. The van der Waals surface area contributed by atoms with Crippen molar-refractivity contribution in [1.82, 2.24) is 15.1 Å². The van der Waals surface area contributed by atoms with E-state index in [-0.39, 0.29) is 24.8 Å². The third kappa shape index (κ3) is 6.24. The first kappa shape index (κ1) is 24.0. The fourth-order valence-electron chi connectivity index (χ4n) is 3.86. The topological polar surface area (TPSA) is 38.8 Å². The van der Waals surface area contributed by atoms with Crippen LogP contribution in [0.1, 0.15) is 25.8 Å². The number of anilines is 1. The van der Waals surface area contributed by atoms with Gasteiger partial charge in [-0.25, -0.2) is 0 Å². The van der Waals surface area contributed by atoms with E-state index in [2.05, 4.69) is 65.1 Å². The van der Waals surface area contributed by atoms with Gasteiger partial charge in [0.2, 0.25) is 5.91 Å². The van der Waals surface area contributed by atoms with E-state index in [0.717, 1.165) is 45.8 Å². The van der Waals surface area contributed by atoms with Crippen LogP contribution in [0.25, 0.3) is 0 Å². The summed E-state index contributed by atoms with van der Waals surface area (Å²) in [6, 6.07) is 9.40. The first-order chi connectivity index (χ1) is 12.0. The fraction of sp³-hybridized carbons (Fsp3) is 0.650. The summed E-state index contributed by atoms with van der Waals surface area (Å²) < 4.78 is 0. The minimum atomic E-state index is 0. The molecule has 2 fully saturated rings. The molecular formula is C20H34Cl2N4O. The molecule has 1 N–H and O–H groups in total. The molecule has 2 unspecified atom stereocenters. The van der Waals surface area contributed by atoms with Gasteiger partial charge in [-0.2, -0.15) is 0 Å². The number of carbonyl (C=O) groups excluding carboxylic acids is 1. The van der Waals surface area contributed by atoms with Crippen LogP contribution < -0.4 is 10.2 Å². The van der Waals surface area contributed by atoms with Crippen LogP contribution >= 0.6 is 24.8 Å². The lowest BCUT2D eigenvalue weighted by molar-refractivity contribution is -0.135. The molecule has 1 amide bonds. The Morgan fingerprint density at radius 2 is 1.81 bits per heavy atom. The first-order valence-corrected chi connectivity index (χ1v) is 9.61. The number of benzene rings is 1. The maximum Gasteiger partial charge on any atom is 0.224 e. The second-order valence-electron chi connectivity index (χ2n) is 7.49. The number of aryl methyl sites for hydroxylation is 1. The highest BCUT2D eigenvalue weighted by molar-refractivity contribution is 5.85. The lowest BCUT2D eigenvalue weighted by Gasteiger charge is -2.39. The zero-order valence-corrected chi connectivity index (χ0v) is 18.3. The number of hydrogen-bond donors (Lipinski definition) is 1. The molecule has 0 spiro atoms. The molecule has 5 nitrogen and oxygen atoms in total. The van der Waals surface area contributed by atoms with Crippen molar-refractivity contribution in [3.05, 3.63) is 29.8 Å². The third-order valence-electron chi connectivity index (χ3n) is 5.74. The van der Waals surface area contributed by atoms with Gasteiger partial charge in [0.15, 0.2) is 0 Å². The predicted octanol–water partition coefficient (Wildman–Crippen LogP) is 2.56. The van der Waals surface area contributed by atoms with Crippen molar-refractivity contribution in [1.29, 1.82) is 0 Å². The van der Waals surface area contributed by atoms with Crippen LogP contribution in [0.2, 0.25) is 0 Å². The lowest BCUT2D eigenvalue weighted by atomic mass is 10.1. The van der Waals surface area contributed by atoms with Crippen molar-refractivity contribution in [2.24, 2.45) is 0 Å². The number of rotatable bonds is 4. The smallest absolute Gasteiger partial charge is 0.224 e. The highest BCUT2D eigenvalue weighted by atomic mass is 35.5. The number of amides is 1. The van der Waals surface area contributed by atoms with E-state index in [1.807, 2.05) is 0 Å². The Labute approximate surface area is 176 Å². The first-order valence-electron chi connectivity index (χ1n) is 9.61. The molecule has 0 aromatic heterocycles. The van der Waals surface area contributed by atoms with Crippen LogP contribution in [0.15, 0.2) is 24.3 Å². The van der Waals surface area contributed by atoms with Crippen LogP contribution in [0.3, 0.4) is 0 Å². The monoisotopic (exact) mass is 416 g/mol. The molecule has 2 aliphatic rings. The summed E-state index contributed by atoms with van der Waals surface area (Å²) >= 11 is 0. The van der Waals surface area contributed by atoms with E-state index < -0.39 is 0 Å². The Balaban J connectivity index is 0.00000182. The van der Waals surface area contributed by atoms with E-state index in [0.29, 0.717) is 24.4 Å².